The first-order valence-corrected chi connectivity index (χ1v) is 24.7. The Balaban J connectivity index is 0.754. The summed E-state index contributed by atoms with van der Waals surface area (Å²) in [5, 5.41) is 6.04. The molecule has 10 rings (SSSR count). The first kappa shape index (κ1) is 45.5. The van der Waals surface area contributed by atoms with Gasteiger partial charge in [-0.1, -0.05) is 18.2 Å². The number of imide groups is 1. The number of likely N-dealkylation sites (tertiary alicyclic amines) is 1. The molecule has 68 heavy (non-hydrogen) atoms. The lowest BCUT2D eigenvalue weighted by Crippen LogP contribution is -2.52. The lowest BCUT2D eigenvalue weighted by atomic mass is 9.87. The van der Waals surface area contributed by atoms with Crippen molar-refractivity contribution in [1.29, 1.82) is 0 Å². The molecule has 19 heteroatoms. The molecule has 2 atom stereocenters. The second kappa shape index (κ2) is 18.3. The fourth-order valence-electron chi connectivity index (χ4n) is 10.6. The number of aromatic amines is 1. The number of carbonyl (C=O) groups is 4. The highest BCUT2D eigenvalue weighted by atomic mass is 32.2. The summed E-state index contributed by atoms with van der Waals surface area (Å²) in [4.78, 5) is 65.2. The molecule has 356 valence electrons. The van der Waals surface area contributed by atoms with E-state index in [1.165, 1.54) is 11.8 Å². The minimum atomic E-state index is -4.36. The van der Waals surface area contributed by atoms with Gasteiger partial charge in [0.15, 0.2) is 5.82 Å². The molecule has 15 nitrogen and oxygen atoms in total. The van der Waals surface area contributed by atoms with E-state index in [9.17, 15) is 32.0 Å². The lowest BCUT2D eigenvalue weighted by molar-refractivity contribution is -0.136. The number of anilines is 3. The van der Waals surface area contributed by atoms with Gasteiger partial charge in [0.25, 0.3) is 5.91 Å². The number of rotatable bonds is 12. The third-order valence-corrected chi connectivity index (χ3v) is 15.9. The number of alkyl halides is 1. The van der Waals surface area contributed by atoms with Crippen LogP contribution in [0, 0.1) is 17.6 Å². The van der Waals surface area contributed by atoms with Crippen LogP contribution in [0.25, 0.3) is 22.2 Å². The second-order valence-electron chi connectivity index (χ2n) is 18.6. The maximum atomic E-state index is 15.8. The summed E-state index contributed by atoms with van der Waals surface area (Å²) in [7, 11) is -2.50. The number of ketones is 1. The van der Waals surface area contributed by atoms with Crippen LogP contribution in [0.15, 0.2) is 67.0 Å². The van der Waals surface area contributed by atoms with Crippen molar-refractivity contribution in [2.75, 3.05) is 67.8 Å². The Morgan fingerprint density at radius 2 is 1.68 bits per heavy atom. The van der Waals surface area contributed by atoms with Gasteiger partial charge in [-0.3, -0.25) is 29.2 Å². The molecular weight excluding hydrogens is 900 g/mol. The van der Waals surface area contributed by atoms with Gasteiger partial charge < -0.3 is 25.0 Å². The standard InChI is InChI=1S/C49H52F3N9O6S/c1-53-40-22-31(32-21-36-37(24-55-47(36)54-23-32)46(63)44-38(51)5-6-39(45(44)52)57-68(66,67)60-19-14-34(50)27-60)3-7-41(40)59-17-10-28(11-18-59)25-58-15-12-29(13-16-58)30-2-4-35-33(20-30)26-61(49(35)65)42-8-9-43(62)56-48(42)64/h2-7,20-24,28-29,34,42,53,57H,8-19,25-27H2,1H3,(H,54,55)(H,56,62,64)/t34-,42+/m1/s1. The lowest BCUT2D eigenvalue weighted by Gasteiger charge is -2.39. The average molecular weight is 952 g/mol. The van der Waals surface area contributed by atoms with E-state index in [4.69, 9.17) is 0 Å². The van der Waals surface area contributed by atoms with E-state index in [1.54, 1.807) is 17.2 Å². The predicted molar refractivity (Wildman–Crippen MR) is 250 cm³/mol. The van der Waals surface area contributed by atoms with Crippen molar-refractivity contribution < 1.29 is 40.8 Å². The summed E-state index contributed by atoms with van der Waals surface area (Å²) >= 11 is 0. The summed E-state index contributed by atoms with van der Waals surface area (Å²) in [6.07, 6.45) is 6.36. The Hall–Kier alpha value is -6.31. The zero-order valence-electron chi connectivity index (χ0n) is 37.5. The van der Waals surface area contributed by atoms with Gasteiger partial charge in [-0.25, -0.2) is 18.2 Å². The van der Waals surface area contributed by atoms with Crippen LogP contribution in [0.3, 0.4) is 0 Å². The van der Waals surface area contributed by atoms with Crippen LogP contribution >= 0.6 is 0 Å². The third kappa shape index (κ3) is 8.70. The van der Waals surface area contributed by atoms with Crippen LogP contribution < -0.4 is 20.3 Å². The van der Waals surface area contributed by atoms with E-state index >= 15 is 8.78 Å². The SMILES string of the molecule is CNc1cc(-c2cnc3[nH]cc(C(=O)c4c(F)ccc(NS(=O)(=O)N5CC[C@@H](F)C5)c4F)c3c2)ccc1N1CCC(CN2CCC(c3ccc4c(c3)CN([C@H]3CCC(=O)NC3=O)C4=O)CC2)CC1. The Kier molecular flexibility index (Phi) is 12.2. The van der Waals surface area contributed by atoms with Crippen LogP contribution in [0.1, 0.15) is 88.3 Å². The summed E-state index contributed by atoms with van der Waals surface area (Å²) in [5.74, 6) is -3.44. The first-order valence-electron chi connectivity index (χ1n) is 23.2. The number of hydrogen-bond acceptors (Lipinski definition) is 10. The number of benzene rings is 3. The number of H-pyrrole nitrogens is 1. The second-order valence-corrected chi connectivity index (χ2v) is 20.3. The van der Waals surface area contributed by atoms with Crippen LogP contribution in [-0.2, 0) is 26.3 Å². The molecule has 2 aromatic heterocycles. The molecule has 0 aliphatic carbocycles. The van der Waals surface area contributed by atoms with Gasteiger partial charge in [0.1, 0.15) is 23.7 Å². The van der Waals surface area contributed by atoms with Gasteiger partial charge in [0.05, 0.1) is 22.6 Å². The molecule has 5 aliphatic rings. The van der Waals surface area contributed by atoms with E-state index < -0.39 is 57.0 Å². The van der Waals surface area contributed by atoms with E-state index in [-0.39, 0.29) is 43.3 Å². The summed E-state index contributed by atoms with van der Waals surface area (Å²) in [5.41, 5.74) is 4.97. The predicted octanol–water partition coefficient (Wildman–Crippen LogP) is 6.34. The monoisotopic (exact) mass is 951 g/mol. The van der Waals surface area contributed by atoms with Gasteiger partial charge in [-0.15, -0.1) is 0 Å². The molecule has 7 heterocycles. The Morgan fingerprint density at radius 1 is 0.882 bits per heavy atom. The molecule has 4 N–H and O–H groups in total. The molecule has 0 bridgehead atoms. The van der Waals surface area contributed by atoms with E-state index in [0.717, 1.165) is 97.3 Å². The van der Waals surface area contributed by atoms with Crippen molar-refractivity contribution in [3.8, 4) is 11.1 Å². The maximum Gasteiger partial charge on any atom is 0.301 e. The van der Waals surface area contributed by atoms with Crippen molar-refractivity contribution >= 4 is 61.8 Å². The number of nitrogens with one attached hydrogen (secondary N) is 4. The smallest absolute Gasteiger partial charge is 0.301 e. The Bertz CT molecular complexity index is 2950. The van der Waals surface area contributed by atoms with Crippen molar-refractivity contribution in [3.05, 3.63) is 106 Å². The largest absolute Gasteiger partial charge is 0.386 e. The van der Waals surface area contributed by atoms with Gasteiger partial charge in [0.2, 0.25) is 17.6 Å². The van der Waals surface area contributed by atoms with Crippen molar-refractivity contribution in [2.45, 2.75) is 69.6 Å². The number of amides is 3. The number of nitrogens with zero attached hydrogens (tertiary/aromatic N) is 5. The number of aromatic nitrogens is 2. The Labute approximate surface area is 391 Å². The van der Waals surface area contributed by atoms with Gasteiger partial charge in [0, 0.05) is 87.2 Å². The number of piperidine rings is 3. The molecular formula is C49H52F3N9O6S. The topological polar surface area (TPSA) is 180 Å². The zero-order chi connectivity index (χ0) is 47.4. The normalized spacial score (nSPS) is 21.1. The van der Waals surface area contributed by atoms with E-state index in [1.807, 2.05) is 30.0 Å². The van der Waals surface area contributed by atoms with Gasteiger partial charge >= 0.3 is 10.2 Å². The first-order chi connectivity index (χ1) is 32.7. The van der Waals surface area contributed by atoms with Gasteiger partial charge in [-0.05, 0) is 117 Å². The van der Waals surface area contributed by atoms with Crippen LogP contribution in [0.2, 0.25) is 0 Å². The maximum absolute atomic E-state index is 15.8. The fraction of sp³-hybridized carbons (Fsp3) is 0.408. The molecule has 3 aromatic carbocycles. The highest BCUT2D eigenvalue weighted by molar-refractivity contribution is 7.90. The van der Waals surface area contributed by atoms with Crippen LogP contribution in [0.5, 0.6) is 0 Å². The number of halogens is 3. The van der Waals surface area contributed by atoms with Crippen LogP contribution in [-0.4, -0.2) is 121 Å². The molecule has 3 amide bonds. The minimum Gasteiger partial charge on any atom is -0.386 e. The summed E-state index contributed by atoms with van der Waals surface area (Å²) in [6.45, 7) is 4.73. The molecule has 0 unspecified atom stereocenters. The molecule has 0 spiro atoms. The van der Waals surface area contributed by atoms with E-state index in [2.05, 4.69) is 48.6 Å². The fourth-order valence-corrected chi connectivity index (χ4v) is 11.9. The number of pyridine rings is 1. The summed E-state index contributed by atoms with van der Waals surface area (Å²) < 4.78 is 73.4. The van der Waals surface area contributed by atoms with E-state index in [0.29, 0.717) is 47.0 Å². The highest BCUT2D eigenvalue weighted by Crippen LogP contribution is 2.38. The van der Waals surface area contributed by atoms with Crippen molar-refractivity contribution in [1.82, 2.24) is 29.4 Å². The molecule has 4 fully saturated rings. The van der Waals surface area contributed by atoms with Crippen molar-refractivity contribution in [2.24, 2.45) is 5.92 Å². The molecule has 5 aliphatic heterocycles. The quantitative estimate of drug-likeness (QED) is 0.0815. The van der Waals surface area contributed by atoms with Gasteiger partial charge in [-0.2, -0.15) is 12.7 Å². The number of hydrogen-bond donors (Lipinski definition) is 4. The molecule has 4 saturated heterocycles. The average Bonchev–Trinajstić information content (AvgIpc) is 4.07. The number of carbonyl (C=O) groups excluding carboxylic acids is 4. The van der Waals surface area contributed by atoms with Crippen molar-refractivity contribution in [3.63, 3.8) is 0 Å². The minimum absolute atomic E-state index is 0.000972. The highest BCUT2D eigenvalue weighted by Gasteiger charge is 2.40. The number of fused-ring (bicyclic) bond motifs is 2. The zero-order valence-corrected chi connectivity index (χ0v) is 38.3. The molecule has 0 radical (unpaired) electrons. The van der Waals surface area contributed by atoms with Crippen LogP contribution in [0.4, 0.5) is 30.2 Å². The molecule has 5 aromatic rings. The third-order valence-electron chi connectivity index (χ3n) is 14.4. The Morgan fingerprint density at radius 3 is 2.41 bits per heavy atom. The molecule has 0 saturated carbocycles. The summed E-state index contributed by atoms with van der Waals surface area (Å²) in [6, 6.07) is 15.0.